The second-order valence-corrected chi connectivity index (χ2v) is 6.19. The van der Waals surface area contributed by atoms with E-state index < -0.39 is 23.6 Å². The zero-order chi connectivity index (χ0) is 20.0. The average molecular weight is 443 g/mol. The van der Waals surface area contributed by atoms with Crippen LogP contribution in [0.1, 0.15) is 11.1 Å². The van der Waals surface area contributed by atoms with Gasteiger partial charge in [-0.25, -0.2) is 0 Å². The van der Waals surface area contributed by atoms with E-state index in [1.165, 1.54) is 24.3 Å². The molecule has 0 bridgehead atoms. The number of nitrogens with two attached hydrogens (primary N) is 1. The Morgan fingerprint density at radius 3 is 2.41 bits per heavy atom. The van der Waals surface area contributed by atoms with Crippen molar-refractivity contribution in [3.63, 3.8) is 0 Å². The molecule has 27 heavy (non-hydrogen) atoms. The van der Waals surface area contributed by atoms with Crippen molar-refractivity contribution < 1.29 is 27.5 Å². The minimum absolute atomic E-state index is 0.0235. The molecule has 3 N–H and O–H groups in total. The normalized spacial score (nSPS) is 11.4. The van der Waals surface area contributed by atoms with Crippen molar-refractivity contribution in [1.29, 1.82) is 0 Å². The molecule has 0 spiro atoms. The Morgan fingerprint density at radius 1 is 1.15 bits per heavy atom. The molecule has 2 amide bonds. The number of amides is 2. The third-order valence-electron chi connectivity index (χ3n) is 3.23. The Balaban J connectivity index is 2.00. The third kappa shape index (κ3) is 6.45. The number of rotatable bonds is 6. The van der Waals surface area contributed by atoms with Crippen molar-refractivity contribution in [2.45, 2.75) is 6.18 Å². The molecular formula is C18H14BrF3N2O3. The van der Waals surface area contributed by atoms with Gasteiger partial charge in [0.2, 0.25) is 5.91 Å². The van der Waals surface area contributed by atoms with Crippen LogP contribution in [0.3, 0.4) is 0 Å². The molecule has 0 fully saturated rings. The second-order valence-electron chi connectivity index (χ2n) is 5.34. The van der Waals surface area contributed by atoms with Crippen LogP contribution in [0, 0.1) is 0 Å². The first-order valence-electron chi connectivity index (χ1n) is 7.52. The zero-order valence-corrected chi connectivity index (χ0v) is 15.3. The fraction of sp³-hybridized carbons (Fsp3) is 0.111. The lowest BCUT2D eigenvalue weighted by Crippen LogP contribution is -2.19. The summed E-state index contributed by atoms with van der Waals surface area (Å²) in [6.45, 7) is -0.245. The van der Waals surface area contributed by atoms with Crippen molar-refractivity contribution in [2.75, 3.05) is 11.9 Å². The van der Waals surface area contributed by atoms with Gasteiger partial charge in [0.15, 0.2) is 6.61 Å². The van der Waals surface area contributed by atoms with Crippen molar-refractivity contribution in [3.05, 3.63) is 64.1 Å². The van der Waals surface area contributed by atoms with E-state index in [4.69, 9.17) is 10.5 Å². The smallest absolute Gasteiger partial charge is 0.417 e. The number of carbonyl (C=O) groups excluding carboxylic acids is 2. The molecule has 0 unspecified atom stereocenters. The number of nitrogens with one attached hydrogen (secondary N) is 1. The number of hydrogen-bond donors (Lipinski definition) is 2. The van der Waals surface area contributed by atoms with E-state index in [1.54, 1.807) is 24.3 Å². The monoisotopic (exact) mass is 442 g/mol. The molecule has 0 radical (unpaired) electrons. The van der Waals surface area contributed by atoms with Crippen LogP contribution in [0.25, 0.3) is 6.08 Å². The summed E-state index contributed by atoms with van der Waals surface area (Å²) < 4.78 is 43.6. The molecule has 142 valence electrons. The van der Waals surface area contributed by atoms with Gasteiger partial charge in [-0.2, -0.15) is 13.2 Å². The van der Waals surface area contributed by atoms with Crippen LogP contribution in [0.4, 0.5) is 18.9 Å². The molecule has 2 aromatic rings. The van der Waals surface area contributed by atoms with Gasteiger partial charge in [0, 0.05) is 16.2 Å². The van der Waals surface area contributed by atoms with Crippen LogP contribution in [-0.2, 0) is 15.8 Å². The molecule has 9 heteroatoms. The number of alkyl halides is 3. The van der Waals surface area contributed by atoms with E-state index in [0.717, 1.165) is 6.07 Å². The van der Waals surface area contributed by atoms with E-state index >= 15 is 0 Å². The number of carbonyl (C=O) groups is 2. The van der Waals surface area contributed by atoms with E-state index in [9.17, 15) is 22.8 Å². The Hall–Kier alpha value is -2.81. The van der Waals surface area contributed by atoms with Crippen molar-refractivity contribution in [3.8, 4) is 5.75 Å². The van der Waals surface area contributed by atoms with Gasteiger partial charge in [-0.15, -0.1) is 0 Å². The number of hydrogen-bond acceptors (Lipinski definition) is 3. The van der Waals surface area contributed by atoms with Gasteiger partial charge in [-0.3, -0.25) is 9.59 Å². The van der Waals surface area contributed by atoms with E-state index in [2.05, 4.69) is 21.2 Å². The summed E-state index contributed by atoms with van der Waals surface area (Å²) in [5.41, 5.74) is 4.77. The first kappa shape index (κ1) is 20.5. The first-order valence-corrected chi connectivity index (χ1v) is 8.31. The lowest BCUT2D eigenvalue weighted by atomic mass is 10.2. The van der Waals surface area contributed by atoms with E-state index in [-0.39, 0.29) is 16.8 Å². The Kier molecular flexibility index (Phi) is 6.62. The first-order chi connectivity index (χ1) is 12.6. The predicted molar refractivity (Wildman–Crippen MR) is 97.9 cm³/mol. The van der Waals surface area contributed by atoms with Gasteiger partial charge in [0.25, 0.3) is 5.91 Å². The largest absolute Gasteiger partial charge is 0.484 e. The summed E-state index contributed by atoms with van der Waals surface area (Å²) in [5, 5.41) is 2.37. The molecule has 0 aliphatic rings. The topological polar surface area (TPSA) is 81.4 Å². The van der Waals surface area contributed by atoms with Crippen LogP contribution in [0.2, 0.25) is 0 Å². The lowest BCUT2D eigenvalue weighted by Gasteiger charge is -2.11. The fourth-order valence-corrected chi connectivity index (χ4v) is 2.48. The number of primary amides is 1. The lowest BCUT2D eigenvalue weighted by molar-refractivity contribution is -0.138. The van der Waals surface area contributed by atoms with Crippen LogP contribution >= 0.6 is 15.9 Å². The third-order valence-corrected chi connectivity index (χ3v) is 3.92. The highest BCUT2D eigenvalue weighted by Crippen LogP contribution is 2.36. The standard InChI is InChI=1S/C18H14BrF3N2O3/c19-15-7-4-12(9-14(15)18(20,21)22)24-17(26)8-3-11-1-5-13(6-2-11)27-10-16(23)25/h1-9H,10H2,(H2,23,25)(H,24,26). The zero-order valence-electron chi connectivity index (χ0n) is 13.7. The van der Waals surface area contributed by atoms with Crippen LogP contribution in [-0.4, -0.2) is 18.4 Å². The Labute approximate surface area is 161 Å². The molecule has 5 nitrogen and oxygen atoms in total. The van der Waals surface area contributed by atoms with Gasteiger partial charge >= 0.3 is 6.18 Å². The van der Waals surface area contributed by atoms with Crippen molar-refractivity contribution in [1.82, 2.24) is 0 Å². The highest BCUT2D eigenvalue weighted by atomic mass is 79.9. The van der Waals surface area contributed by atoms with Gasteiger partial charge in [0.05, 0.1) is 5.56 Å². The molecule has 0 aromatic heterocycles. The molecule has 0 aliphatic heterocycles. The summed E-state index contributed by atoms with van der Waals surface area (Å²) in [7, 11) is 0. The molecule has 0 atom stereocenters. The maximum absolute atomic E-state index is 12.9. The Morgan fingerprint density at radius 2 is 1.81 bits per heavy atom. The van der Waals surface area contributed by atoms with Crippen LogP contribution < -0.4 is 15.8 Å². The van der Waals surface area contributed by atoms with Gasteiger partial charge < -0.3 is 15.8 Å². The van der Waals surface area contributed by atoms with E-state index in [1.807, 2.05) is 0 Å². The summed E-state index contributed by atoms with van der Waals surface area (Å²) >= 11 is 2.84. The van der Waals surface area contributed by atoms with Gasteiger partial charge in [-0.05, 0) is 42.0 Å². The van der Waals surface area contributed by atoms with Crippen LogP contribution in [0.15, 0.2) is 53.0 Å². The Bertz CT molecular complexity index is 865. The second kappa shape index (κ2) is 8.72. The summed E-state index contributed by atoms with van der Waals surface area (Å²) in [5.74, 6) is -0.748. The van der Waals surface area contributed by atoms with Crippen molar-refractivity contribution >= 4 is 39.5 Å². The molecule has 0 saturated carbocycles. The predicted octanol–water partition coefficient (Wildman–Crippen LogP) is 3.98. The SMILES string of the molecule is NC(=O)COc1ccc(C=CC(=O)Nc2ccc(Br)c(C(F)(F)F)c2)cc1. The molecule has 2 aromatic carbocycles. The number of halogens is 4. The van der Waals surface area contributed by atoms with E-state index in [0.29, 0.717) is 11.3 Å². The van der Waals surface area contributed by atoms with Gasteiger partial charge in [-0.1, -0.05) is 28.1 Å². The van der Waals surface area contributed by atoms with Crippen molar-refractivity contribution in [2.24, 2.45) is 5.73 Å². The summed E-state index contributed by atoms with van der Waals surface area (Å²) in [6, 6.07) is 9.88. The van der Waals surface area contributed by atoms with Gasteiger partial charge in [0.1, 0.15) is 5.75 Å². The maximum atomic E-state index is 12.9. The summed E-state index contributed by atoms with van der Waals surface area (Å²) in [6.07, 6.45) is -1.86. The number of benzene rings is 2. The maximum Gasteiger partial charge on any atom is 0.417 e. The highest BCUT2D eigenvalue weighted by molar-refractivity contribution is 9.10. The minimum Gasteiger partial charge on any atom is -0.484 e. The molecule has 0 aliphatic carbocycles. The fourth-order valence-electron chi connectivity index (χ4n) is 2.01. The number of ether oxygens (including phenoxy) is 1. The quantitative estimate of drug-likeness (QED) is 0.663. The van der Waals surface area contributed by atoms with Crippen LogP contribution in [0.5, 0.6) is 5.75 Å². The number of anilines is 1. The molecule has 0 saturated heterocycles. The average Bonchev–Trinajstić information content (AvgIpc) is 2.59. The molecular weight excluding hydrogens is 429 g/mol. The minimum atomic E-state index is -4.53. The summed E-state index contributed by atoms with van der Waals surface area (Å²) in [4.78, 5) is 22.5. The molecule has 2 rings (SSSR count). The molecule has 0 heterocycles. The highest BCUT2D eigenvalue weighted by Gasteiger charge is 2.33.